The van der Waals surface area contributed by atoms with Gasteiger partial charge in [-0.25, -0.2) is 13.4 Å². The second-order valence-corrected chi connectivity index (χ2v) is 11.3. The summed E-state index contributed by atoms with van der Waals surface area (Å²) in [4.78, 5) is 35.1. The Morgan fingerprint density at radius 1 is 1.26 bits per heavy atom. The Kier molecular flexibility index (Phi) is 6.19. The molecular formula is C21H23N3O5S2. The molecule has 164 valence electrons. The van der Waals surface area contributed by atoms with Gasteiger partial charge in [0, 0.05) is 35.4 Å². The summed E-state index contributed by atoms with van der Waals surface area (Å²) in [6.45, 7) is 2.13. The Balaban J connectivity index is 1.54. The second kappa shape index (κ2) is 8.88. The van der Waals surface area contributed by atoms with Crippen LogP contribution < -0.4 is 5.32 Å². The van der Waals surface area contributed by atoms with Crippen LogP contribution in [0.5, 0.6) is 0 Å². The molecule has 1 atom stereocenters. The molecule has 31 heavy (non-hydrogen) atoms. The normalized spacial score (nSPS) is 19.5. The van der Waals surface area contributed by atoms with Crippen LogP contribution in [0.3, 0.4) is 0 Å². The summed E-state index contributed by atoms with van der Waals surface area (Å²) < 4.78 is 24.9. The van der Waals surface area contributed by atoms with Crippen molar-refractivity contribution in [3.05, 3.63) is 40.9 Å². The Morgan fingerprint density at radius 3 is 2.58 bits per heavy atom. The van der Waals surface area contributed by atoms with Crippen LogP contribution in [-0.2, 0) is 24.3 Å². The number of aromatic nitrogens is 1. The highest BCUT2D eigenvalue weighted by Crippen LogP contribution is 2.33. The van der Waals surface area contributed by atoms with Gasteiger partial charge in [0.1, 0.15) is 12.4 Å². The van der Waals surface area contributed by atoms with E-state index in [2.05, 4.69) is 15.5 Å². The quantitative estimate of drug-likeness (QED) is 0.477. The number of Topliss-reactive ketones (excluding diaryl/α,β-unsaturated/α-hetero) is 1. The second-order valence-electron chi connectivity index (χ2n) is 7.88. The first-order valence-electron chi connectivity index (χ1n) is 10.1. The van der Waals surface area contributed by atoms with Gasteiger partial charge in [-0.3, -0.25) is 14.9 Å². The number of carbonyl (C=O) groups excluding carboxylic acids is 2. The van der Waals surface area contributed by atoms with Crippen LogP contribution in [0.15, 0.2) is 40.5 Å². The predicted molar refractivity (Wildman–Crippen MR) is 117 cm³/mol. The number of sulfone groups is 1. The van der Waals surface area contributed by atoms with E-state index in [1.165, 1.54) is 23.5 Å². The molecule has 8 nitrogen and oxygen atoms in total. The molecule has 1 heterocycles. The van der Waals surface area contributed by atoms with E-state index in [4.69, 9.17) is 4.84 Å². The molecule has 0 saturated heterocycles. The van der Waals surface area contributed by atoms with Crippen LogP contribution in [0.1, 0.15) is 42.5 Å². The SMILES string of the molecule is Cc1cnc(NC(=O)/C(=N/OC[C@H]2CCC(=O)C2)c2ccc(S(=O)(=O)C3CC3)cc2)s1. The molecule has 2 aromatic rings. The largest absolute Gasteiger partial charge is 0.395 e. The van der Waals surface area contributed by atoms with Gasteiger partial charge in [-0.1, -0.05) is 17.3 Å². The number of benzene rings is 1. The molecule has 1 N–H and O–H groups in total. The van der Waals surface area contributed by atoms with E-state index in [1.807, 2.05) is 6.92 Å². The van der Waals surface area contributed by atoms with E-state index in [-0.39, 0.29) is 34.2 Å². The zero-order valence-corrected chi connectivity index (χ0v) is 18.7. The van der Waals surface area contributed by atoms with Gasteiger partial charge in [-0.05, 0) is 38.3 Å². The van der Waals surface area contributed by atoms with E-state index < -0.39 is 15.7 Å². The molecule has 10 heteroatoms. The Labute approximate surface area is 184 Å². The fourth-order valence-electron chi connectivity index (χ4n) is 3.41. The summed E-state index contributed by atoms with van der Waals surface area (Å²) in [6.07, 6.45) is 4.78. The number of hydrogen-bond acceptors (Lipinski definition) is 8. The minimum atomic E-state index is -3.32. The molecule has 2 saturated carbocycles. The molecule has 0 unspecified atom stereocenters. The number of amides is 1. The van der Waals surface area contributed by atoms with Crippen molar-refractivity contribution in [3.63, 3.8) is 0 Å². The van der Waals surface area contributed by atoms with Crippen LogP contribution >= 0.6 is 11.3 Å². The molecule has 0 radical (unpaired) electrons. The van der Waals surface area contributed by atoms with Crippen molar-refractivity contribution in [1.82, 2.24) is 4.98 Å². The smallest absolute Gasteiger partial charge is 0.280 e. The monoisotopic (exact) mass is 461 g/mol. The third-order valence-corrected chi connectivity index (χ3v) is 8.40. The lowest BCUT2D eigenvalue weighted by atomic mass is 10.1. The summed E-state index contributed by atoms with van der Waals surface area (Å²) >= 11 is 1.33. The van der Waals surface area contributed by atoms with Crippen molar-refractivity contribution in [2.75, 3.05) is 11.9 Å². The lowest BCUT2D eigenvalue weighted by Crippen LogP contribution is -2.24. The Morgan fingerprint density at radius 2 is 2.00 bits per heavy atom. The summed E-state index contributed by atoms with van der Waals surface area (Å²) in [5.74, 6) is -0.204. The molecule has 1 aromatic carbocycles. The highest BCUT2D eigenvalue weighted by Gasteiger charge is 2.36. The topological polar surface area (TPSA) is 115 Å². The van der Waals surface area contributed by atoms with Gasteiger partial charge in [0.25, 0.3) is 5.91 Å². The lowest BCUT2D eigenvalue weighted by molar-refractivity contribution is -0.117. The molecular weight excluding hydrogens is 438 g/mol. The molecule has 1 amide bonds. The van der Waals surface area contributed by atoms with E-state index in [0.29, 0.717) is 36.4 Å². The maximum absolute atomic E-state index is 12.9. The highest BCUT2D eigenvalue weighted by molar-refractivity contribution is 7.92. The summed E-state index contributed by atoms with van der Waals surface area (Å²) in [7, 11) is -3.32. The maximum atomic E-state index is 12.9. The van der Waals surface area contributed by atoms with Crippen molar-refractivity contribution in [2.45, 2.75) is 49.2 Å². The van der Waals surface area contributed by atoms with E-state index in [9.17, 15) is 18.0 Å². The molecule has 2 aliphatic rings. The summed E-state index contributed by atoms with van der Waals surface area (Å²) in [6, 6.07) is 6.11. The molecule has 4 rings (SSSR count). The number of carbonyl (C=O) groups is 2. The number of ketones is 1. The van der Waals surface area contributed by atoms with Crippen molar-refractivity contribution in [3.8, 4) is 0 Å². The van der Waals surface area contributed by atoms with E-state index in [1.54, 1.807) is 18.3 Å². The van der Waals surface area contributed by atoms with Crippen molar-refractivity contribution in [2.24, 2.45) is 11.1 Å². The van der Waals surface area contributed by atoms with Crippen molar-refractivity contribution < 1.29 is 22.8 Å². The number of nitrogens with one attached hydrogen (secondary N) is 1. The van der Waals surface area contributed by atoms with Crippen LogP contribution in [0, 0.1) is 12.8 Å². The van der Waals surface area contributed by atoms with Gasteiger partial charge in [0.2, 0.25) is 0 Å². The third kappa shape index (κ3) is 5.19. The summed E-state index contributed by atoms with van der Waals surface area (Å²) in [5, 5.41) is 6.88. The first kappa shape index (κ1) is 21.6. The molecule has 2 aliphatic carbocycles. The van der Waals surface area contributed by atoms with E-state index >= 15 is 0 Å². The van der Waals surface area contributed by atoms with Gasteiger partial charge < -0.3 is 4.84 Å². The average molecular weight is 462 g/mol. The van der Waals surface area contributed by atoms with Crippen LogP contribution in [0.2, 0.25) is 0 Å². The number of nitrogens with zero attached hydrogens (tertiary/aromatic N) is 2. The van der Waals surface area contributed by atoms with Crippen molar-refractivity contribution >= 4 is 43.7 Å². The number of oxime groups is 1. The zero-order chi connectivity index (χ0) is 22.0. The number of aryl methyl sites for hydroxylation is 1. The Hall–Kier alpha value is -2.59. The van der Waals surface area contributed by atoms with Crippen LogP contribution in [-0.4, -0.2) is 42.7 Å². The number of thiazole rings is 1. The molecule has 0 bridgehead atoms. The first-order chi connectivity index (χ1) is 14.8. The van der Waals surface area contributed by atoms with Crippen LogP contribution in [0.4, 0.5) is 5.13 Å². The highest BCUT2D eigenvalue weighted by atomic mass is 32.2. The first-order valence-corrected chi connectivity index (χ1v) is 12.5. The standard InChI is InChI=1S/C21H23N3O5S2/c1-13-11-22-21(30-13)23-20(26)19(24-29-12-14-2-5-16(25)10-14)15-3-6-17(7-4-15)31(27,28)18-8-9-18/h3-4,6-7,11,14,18H,2,5,8-10,12H2,1H3,(H,22,23,26)/b24-19+/t14-/m0/s1. The third-order valence-electron chi connectivity index (χ3n) is 5.29. The molecule has 1 aromatic heterocycles. The molecule has 0 spiro atoms. The average Bonchev–Trinajstić information content (AvgIpc) is 3.42. The van der Waals surface area contributed by atoms with Crippen LogP contribution in [0.25, 0.3) is 0 Å². The van der Waals surface area contributed by atoms with Gasteiger partial charge >= 0.3 is 0 Å². The van der Waals surface area contributed by atoms with Gasteiger partial charge in [0.15, 0.2) is 20.7 Å². The lowest BCUT2D eigenvalue weighted by Gasteiger charge is -2.10. The maximum Gasteiger partial charge on any atom is 0.280 e. The zero-order valence-electron chi connectivity index (χ0n) is 17.0. The fraction of sp³-hybridized carbons (Fsp3) is 0.429. The van der Waals surface area contributed by atoms with Gasteiger partial charge in [0.05, 0.1) is 10.1 Å². The number of hydrogen-bond donors (Lipinski definition) is 1. The van der Waals surface area contributed by atoms with Crippen molar-refractivity contribution in [1.29, 1.82) is 0 Å². The fourth-order valence-corrected chi connectivity index (χ4v) is 5.72. The summed E-state index contributed by atoms with van der Waals surface area (Å²) in [5.41, 5.74) is 0.454. The van der Waals surface area contributed by atoms with E-state index in [0.717, 1.165) is 11.3 Å². The van der Waals surface area contributed by atoms with Gasteiger partial charge in [-0.15, -0.1) is 11.3 Å². The molecule has 0 aliphatic heterocycles. The number of anilines is 1. The van der Waals surface area contributed by atoms with Gasteiger partial charge in [-0.2, -0.15) is 0 Å². The Bertz CT molecular complexity index is 1120. The minimum absolute atomic E-state index is 0.0209. The number of rotatable bonds is 8. The molecule has 2 fully saturated rings. The predicted octanol–water partition coefficient (Wildman–Crippen LogP) is 3.12. The minimum Gasteiger partial charge on any atom is -0.395 e.